The minimum atomic E-state index is -1.16. The molecule has 1 aliphatic carbocycles. The maximum absolute atomic E-state index is 12.2. The molecule has 0 bridgehead atoms. The molecule has 5 heteroatoms. The number of aromatic nitrogens is 1. The van der Waals surface area contributed by atoms with Crippen LogP contribution < -0.4 is 10.2 Å². The fraction of sp³-hybridized carbons (Fsp3) is 0.647. The molecule has 1 aromatic heterocycles. The molecule has 2 fully saturated rings. The number of carbonyl (C=O) groups excluding carboxylic acids is 1. The molecule has 1 aliphatic heterocycles. The lowest BCUT2D eigenvalue weighted by atomic mass is 10.0. The summed E-state index contributed by atoms with van der Waals surface area (Å²) < 4.78 is 0. The number of rotatable bonds is 4. The Labute approximate surface area is 131 Å². The molecule has 0 unspecified atom stereocenters. The Kier molecular flexibility index (Phi) is 4.34. The van der Waals surface area contributed by atoms with Crippen LogP contribution in [0, 0.1) is 6.92 Å². The molecule has 5 nitrogen and oxygen atoms in total. The van der Waals surface area contributed by atoms with E-state index in [1.165, 1.54) is 12.8 Å². The van der Waals surface area contributed by atoms with Crippen molar-refractivity contribution >= 4 is 11.7 Å². The van der Waals surface area contributed by atoms with Crippen molar-refractivity contribution in [1.82, 2.24) is 10.3 Å². The molecule has 3 rings (SSSR count). The molecule has 2 N–H and O–H groups in total. The van der Waals surface area contributed by atoms with E-state index in [-0.39, 0.29) is 5.91 Å². The first kappa shape index (κ1) is 15.3. The summed E-state index contributed by atoms with van der Waals surface area (Å²) in [5.41, 5.74) is 0.861. The monoisotopic (exact) mass is 303 g/mol. The Morgan fingerprint density at radius 2 is 1.95 bits per heavy atom. The molecule has 1 saturated heterocycles. The second kappa shape index (κ2) is 6.24. The van der Waals surface area contributed by atoms with Gasteiger partial charge in [0.05, 0.1) is 0 Å². The molecule has 2 aliphatic rings. The lowest BCUT2D eigenvalue weighted by Crippen LogP contribution is -2.44. The summed E-state index contributed by atoms with van der Waals surface area (Å²) in [7, 11) is 0. The van der Waals surface area contributed by atoms with Gasteiger partial charge in [0.2, 0.25) is 0 Å². The zero-order chi connectivity index (χ0) is 15.6. The third-order valence-electron chi connectivity index (χ3n) is 4.79. The van der Waals surface area contributed by atoms with Crippen molar-refractivity contribution in [3.8, 4) is 0 Å². The van der Waals surface area contributed by atoms with Gasteiger partial charge < -0.3 is 15.3 Å². The zero-order valence-corrected chi connectivity index (χ0v) is 13.3. The summed E-state index contributed by atoms with van der Waals surface area (Å²) >= 11 is 0. The minimum Gasteiger partial charge on any atom is -0.380 e. The third kappa shape index (κ3) is 3.09. The molecular weight excluding hydrogens is 278 g/mol. The summed E-state index contributed by atoms with van der Waals surface area (Å²) in [5.74, 6) is 0.745. The van der Waals surface area contributed by atoms with Gasteiger partial charge in [-0.2, -0.15) is 0 Å². The zero-order valence-electron chi connectivity index (χ0n) is 13.3. The summed E-state index contributed by atoms with van der Waals surface area (Å²) in [4.78, 5) is 19.2. The molecule has 0 aromatic carbocycles. The Morgan fingerprint density at radius 1 is 1.27 bits per heavy atom. The van der Waals surface area contributed by atoms with Gasteiger partial charge in [-0.3, -0.25) is 4.79 Å². The molecule has 0 radical (unpaired) electrons. The van der Waals surface area contributed by atoms with Crippen LogP contribution >= 0.6 is 0 Å². The highest BCUT2D eigenvalue weighted by atomic mass is 16.3. The molecule has 1 aromatic rings. The predicted octanol–water partition coefficient (Wildman–Crippen LogP) is 1.91. The fourth-order valence-electron chi connectivity index (χ4n) is 3.44. The van der Waals surface area contributed by atoms with Crippen molar-refractivity contribution in [1.29, 1.82) is 0 Å². The molecule has 120 valence electrons. The number of hydrogen-bond donors (Lipinski definition) is 2. The lowest BCUT2D eigenvalue weighted by Gasteiger charge is -2.23. The van der Waals surface area contributed by atoms with Crippen LogP contribution in [0.1, 0.15) is 49.8 Å². The highest BCUT2D eigenvalue weighted by Crippen LogP contribution is 2.30. The maximum Gasteiger partial charge on any atom is 0.252 e. The first-order valence-electron chi connectivity index (χ1n) is 8.31. The van der Waals surface area contributed by atoms with E-state index >= 15 is 0 Å². The van der Waals surface area contributed by atoms with Crippen LogP contribution in [0.25, 0.3) is 0 Å². The van der Waals surface area contributed by atoms with E-state index in [9.17, 15) is 9.90 Å². The van der Waals surface area contributed by atoms with Gasteiger partial charge in [0.15, 0.2) is 0 Å². The van der Waals surface area contributed by atoms with E-state index in [0.717, 1.165) is 43.0 Å². The average Bonchev–Trinajstić information content (AvgIpc) is 3.17. The molecule has 1 amide bonds. The van der Waals surface area contributed by atoms with E-state index in [4.69, 9.17) is 0 Å². The van der Waals surface area contributed by atoms with Crippen LogP contribution in [0.15, 0.2) is 12.1 Å². The van der Waals surface area contributed by atoms with Crippen molar-refractivity contribution in [3.05, 3.63) is 23.4 Å². The van der Waals surface area contributed by atoms with Crippen molar-refractivity contribution in [2.24, 2.45) is 0 Å². The summed E-state index contributed by atoms with van der Waals surface area (Å²) in [6.07, 6.45) is 5.39. The minimum absolute atomic E-state index is 0.238. The SMILES string of the molecule is Cc1ccc(CNC(=O)C2(O)CCCC2)c(N2CCCC2)n1. The second-order valence-corrected chi connectivity index (χ2v) is 6.55. The fourth-order valence-corrected chi connectivity index (χ4v) is 3.44. The highest BCUT2D eigenvalue weighted by molar-refractivity contribution is 5.85. The Balaban J connectivity index is 1.70. The van der Waals surface area contributed by atoms with Gasteiger partial charge in [-0.1, -0.05) is 6.07 Å². The van der Waals surface area contributed by atoms with E-state index < -0.39 is 5.60 Å². The number of aliphatic hydroxyl groups is 1. The Bertz CT molecular complexity index is 547. The Hall–Kier alpha value is -1.62. The standard InChI is InChI=1S/C17H25N3O2/c1-13-6-7-14(15(19-13)20-10-4-5-11-20)12-18-16(21)17(22)8-2-3-9-17/h6-7,22H,2-5,8-12H2,1H3,(H,18,21). The quantitative estimate of drug-likeness (QED) is 0.892. The number of nitrogens with one attached hydrogen (secondary N) is 1. The van der Waals surface area contributed by atoms with Crippen LogP contribution in [-0.4, -0.2) is 34.7 Å². The van der Waals surface area contributed by atoms with Crippen molar-refractivity contribution in [3.63, 3.8) is 0 Å². The number of carbonyl (C=O) groups is 1. The molecular formula is C17H25N3O2. The number of nitrogens with zero attached hydrogens (tertiary/aromatic N) is 2. The van der Waals surface area contributed by atoms with Crippen LogP contribution in [0.5, 0.6) is 0 Å². The first-order valence-corrected chi connectivity index (χ1v) is 8.31. The lowest BCUT2D eigenvalue weighted by molar-refractivity contribution is -0.139. The van der Waals surface area contributed by atoms with Crippen molar-refractivity contribution < 1.29 is 9.90 Å². The van der Waals surface area contributed by atoms with Crippen LogP contribution in [-0.2, 0) is 11.3 Å². The molecule has 0 spiro atoms. The normalized spacial score (nSPS) is 20.4. The van der Waals surface area contributed by atoms with Crippen LogP contribution in [0.2, 0.25) is 0 Å². The molecule has 1 saturated carbocycles. The van der Waals surface area contributed by atoms with Crippen LogP contribution in [0.3, 0.4) is 0 Å². The highest BCUT2D eigenvalue weighted by Gasteiger charge is 2.38. The largest absolute Gasteiger partial charge is 0.380 e. The molecule has 0 atom stereocenters. The Morgan fingerprint density at radius 3 is 2.64 bits per heavy atom. The van der Waals surface area contributed by atoms with Gasteiger partial charge in [-0.15, -0.1) is 0 Å². The number of anilines is 1. The van der Waals surface area contributed by atoms with Gasteiger partial charge in [-0.25, -0.2) is 4.98 Å². The molecule has 22 heavy (non-hydrogen) atoms. The van der Waals surface area contributed by atoms with E-state index in [0.29, 0.717) is 19.4 Å². The summed E-state index contributed by atoms with van der Waals surface area (Å²) in [6.45, 7) is 4.48. The average molecular weight is 303 g/mol. The number of amides is 1. The smallest absolute Gasteiger partial charge is 0.252 e. The van der Waals surface area contributed by atoms with Gasteiger partial charge >= 0.3 is 0 Å². The van der Waals surface area contributed by atoms with E-state index in [1.807, 2.05) is 19.1 Å². The number of hydrogen-bond acceptors (Lipinski definition) is 4. The topological polar surface area (TPSA) is 65.5 Å². The van der Waals surface area contributed by atoms with Gasteiger partial charge in [0.1, 0.15) is 11.4 Å². The first-order chi connectivity index (χ1) is 10.6. The van der Waals surface area contributed by atoms with Gasteiger partial charge in [-0.05, 0) is 51.5 Å². The van der Waals surface area contributed by atoms with Crippen molar-refractivity contribution in [2.75, 3.05) is 18.0 Å². The summed E-state index contributed by atoms with van der Waals surface area (Å²) in [6, 6.07) is 4.01. The summed E-state index contributed by atoms with van der Waals surface area (Å²) in [5, 5.41) is 13.2. The van der Waals surface area contributed by atoms with E-state index in [2.05, 4.69) is 15.2 Å². The maximum atomic E-state index is 12.2. The third-order valence-corrected chi connectivity index (χ3v) is 4.79. The van der Waals surface area contributed by atoms with E-state index in [1.54, 1.807) is 0 Å². The second-order valence-electron chi connectivity index (χ2n) is 6.55. The molecule has 2 heterocycles. The number of aryl methyl sites for hydroxylation is 1. The predicted molar refractivity (Wildman–Crippen MR) is 85.7 cm³/mol. The van der Waals surface area contributed by atoms with Gasteiger partial charge in [0, 0.05) is 30.9 Å². The number of pyridine rings is 1. The van der Waals surface area contributed by atoms with Crippen molar-refractivity contribution in [2.45, 2.75) is 57.6 Å². The van der Waals surface area contributed by atoms with Gasteiger partial charge in [0.25, 0.3) is 5.91 Å². The van der Waals surface area contributed by atoms with Crippen LogP contribution in [0.4, 0.5) is 5.82 Å².